The quantitative estimate of drug-likeness (QED) is 0.340. The number of carbonyl (C=O) groups is 1. The van der Waals surface area contributed by atoms with Gasteiger partial charge in [-0.25, -0.2) is 0 Å². The van der Waals surface area contributed by atoms with Crippen molar-refractivity contribution in [1.29, 1.82) is 0 Å². The first kappa shape index (κ1) is 19.6. The molecule has 0 aliphatic carbocycles. The fourth-order valence-corrected chi connectivity index (χ4v) is 5.20. The Bertz CT molecular complexity index is 1380. The highest BCUT2D eigenvalue weighted by molar-refractivity contribution is 9.10. The van der Waals surface area contributed by atoms with Gasteiger partial charge >= 0.3 is 0 Å². The molecule has 2 aromatic heterocycles. The minimum atomic E-state index is -0.651. The molecule has 3 heterocycles. The lowest BCUT2D eigenvalue weighted by Crippen LogP contribution is -2.29. The molecule has 0 spiro atoms. The van der Waals surface area contributed by atoms with E-state index < -0.39 is 11.9 Å². The molecule has 1 aliphatic heterocycles. The second kappa shape index (κ2) is 7.40. The van der Waals surface area contributed by atoms with Crippen LogP contribution < -0.4 is 10.3 Å². The van der Waals surface area contributed by atoms with Gasteiger partial charge in [0.25, 0.3) is 5.91 Å². The molecule has 2 aromatic carbocycles. The van der Waals surface area contributed by atoms with Gasteiger partial charge in [0.1, 0.15) is 10.6 Å². The van der Waals surface area contributed by atoms with Gasteiger partial charge in [0.05, 0.1) is 17.0 Å². The zero-order valence-electron chi connectivity index (χ0n) is 15.6. The Morgan fingerprint density at radius 2 is 1.90 bits per heavy atom. The lowest BCUT2D eigenvalue weighted by atomic mass is 9.99. The number of hydrogen-bond donors (Lipinski definition) is 0. The Morgan fingerprint density at radius 1 is 1.10 bits per heavy atom. The number of fused-ring (bicyclic) bond motifs is 2. The van der Waals surface area contributed by atoms with E-state index in [0.717, 1.165) is 19.5 Å². The maximum absolute atomic E-state index is 13.5. The third-order valence-corrected chi connectivity index (χ3v) is 7.01. The van der Waals surface area contributed by atoms with Gasteiger partial charge < -0.3 is 4.42 Å². The number of aromatic nitrogens is 2. The Kier molecular flexibility index (Phi) is 4.83. The van der Waals surface area contributed by atoms with Crippen LogP contribution in [0.1, 0.15) is 39.7 Å². The smallest absolute Gasteiger partial charge is 0.297 e. The molecule has 30 heavy (non-hydrogen) atoms. The molecule has 0 saturated carbocycles. The first-order valence-electron chi connectivity index (χ1n) is 9.15. The molecule has 4 aromatic rings. The molecule has 1 aliphatic rings. The van der Waals surface area contributed by atoms with E-state index in [0.29, 0.717) is 28.1 Å². The van der Waals surface area contributed by atoms with Crippen molar-refractivity contribution in [2.45, 2.75) is 19.4 Å². The zero-order valence-corrected chi connectivity index (χ0v) is 19.5. The summed E-state index contributed by atoms with van der Waals surface area (Å²) >= 11 is 8.23. The Balaban J connectivity index is 1.82. The molecule has 1 unspecified atom stereocenters. The Labute approximate surface area is 191 Å². The lowest BCUT2D eigenvalue weighted by Gasteiger charge is -2.22. The molecule has 150 valence electrons. The van der Waals surface area contributed by atoms with Gasteiger partial charge in [0.15, 0.2) is 5.43 Å². The molecule has 6 nitrogen and oxygen atoms in total. The second-order valence-corrected chi connectivity index (χ2v) is 9.65. The van der Waals surface area contributed by atoms with Gasteiger partial charge in [0.2, 0.25) is 10.9 Å². The number of hydrogen-bond acceptors (Lipinski definition) is 6. The van der Waals surface area contributed by atoms with Crippen molar-refractivity contribution in [2.75, 3.05) is 4.90 Å². The highest BCUT2D eigenvalue weighted by Crippen LogP contribution is 2.42. The molecule has 0 radical (unpaired) electrons. The summed E-state index contributed by atoms with van der Waals surface area (Å²) in [7, 11) is 0. The number of nitrogens with zero attached hydrogens (tertiary/aromatic N) is 3. The molecule has 0 N–H and O–H groups in total. The standard InChI is InChI=1S/C21H13Br2N3O3S/c1-2-15-24-25-21(30-15)26-17(10-4-3-5-11(22)8-10)16-18(27)13-9-12(23)6-7-14(13)29-19(16)20(26)28/h3-9,17H,2H2,1H3. The summed E-state index contributed by atoms with van der Waals surface area (Å²) in [6, 6.07) is 12.1. The molecular formula is C21H13Br2N3O3S. The van der Waals surface area contributed by atoms with Gasteiger partial charge in [-0.1, -0.05) is 62.3 Å². The van der Waals surface area contributed by atoms with Crippen LogP contribution in [0, 0.1) is 0 Å². The van der Waals surface area contributed by atoms with Gasteiger partial charge in [-0.05, 0) is 42.3 Å². The molecule has 0 fully saturated rings. The zero-order chi connectivity index (χ0) is 21.0. The van der Waals surface area contributed by atoms with Crippen LogP contribution in [0.25, 0.3) is 11.0 Å². The van der Waals surface area contributed by atoms with E-state index in [9.17, 15) is 9.59 Å². The SMILES string of the molecule is CCc1nnc(N2C(=O)c3oc4ccc(Br)cc4c(=O)c3C2c2cccc(Br)c2)s1. The van der Waals surface area contributed by atoms with E-state index in [1.807, 2.05) is 31.2 Å². The monoisotopic (exact) mass is 545 g/mol. The third-order valence-electron chi connectivity index (χ3n) is 4.96. The van der Waals surface area contributed by atoms with E-state index in [-0.39, 0.29) is 11.2 Å². The van der Waals surface area contributed by atoms with Gasteiger partial charge in [-0.2, -0.15) is 0 Å². The van der Waals surface area contributed by atoms with Crippen LogP contribution in [-0.2, 0) is 6.42 Å². The van der Waals surface area contributed by atoms with Gasteiger partial charge in [-0.3, -0.25) is 14.5 Å². The number of anilines is 1. The average molecular weight is 547 g/mol. The van der Waals surface area contributed by atoms with Crippen molar-refractivity contribution < 1.29 is 9.21 Å². The molecule has 1 amide bonds. The first-order valence-corrected chi connectivity index (χ1v) is 11.6. The molecule has 5 rings (SSSR count). The molecular weight excluding hydrogens is 534 g/mol. The van der Waals surface area contributed by atoms with Crippen LogP contribution in [0.15, 0.2) is 60.6 Å². The predicted molar refractivity (Wildman–Crippen MR) is 122 cm³/mol. The van der Waals surface area contributed by atoms with E-state index >= 15 is 0 Å². The topological polar surface area (TPSA) is 76.3 Å². The summed E-state index contributed by atoms with van der Waals surface area (Å²) in [4.78, 5) is 28.5. The summed E-state index contributed by atoms with van der Waals surface area (Å²) < 4.78 is 7.56. The summed E-state index contributed by atoms with van der Waals surface area (Å²) in [6.07, 6.45) is 0.712. The largest absolute Gasteiger partial charge is 0.450 e. The normalized spacial score (nSPS) is 15.8. The summed E-state index contributed by atoms with van der Waals surface area (Å²) in [5, 5.41) is 10.1. The van der Waals surface area contributed by atoms with E-state index in [1.165, 1.54) is 16.2 Å². The lowest BCUT2D eigenvalue weighted by molar-refractivity contribution is 0.0970. The van der Waals surface area contributed by atoms with Gasteiger partial charge in [-0.15, -0.1) is 10.2 Å². The van der Waals surface area contributed by atoms with Crippen LogP contribution in [0.4, 0.5) is 5.13 Å². The highest BCUT2D eigenvalue weighted by atomic mass is 79.9. The van der Waals surface area contributed by atoms with E-state index in [1.54, 1.807) is 18.2 Å². The number of benzene rings is 2. The molecule has 0 bridgehead atoms. The van der Waals surface area contributed by atoms with Crippen molar-refractivity contribution in [1.82, 2.24) is 10.2 Å². The summed E-state index contributed by atoms with van der Waals surface area (Å²) in [5.74, 6) is -0.344. The second-order valence-electron chi connectivity index (χ2n) is 6.78. The fraction of sp³-hybridized carbons (Fsp3) is 0.143. The van der Waals surface area contributed by atoms with Gasteiger partial charge in [0, 0.05) is 8.95 Å². The Morgan fingerprint density at radius 3 is 2.63 bits per heavy atom. The first-order chi connectivity index (χ1) is 14.5. The fourth-order valence-electron chi connectivity index (χ4n) is 3.62. The van der Waals surface area contributed by atoms with Crippen molar-refractivity contribution in [3.63, 3.8) is 0 Å². The predicted octanol–water partition coefficient (Wildman–Crippen LogP) is 5.48. The summed E-state index contributed by atoms with van der Waals surface area (Å²) in [6.45, 7) is 1.98. The van der Waals surface area contributed by atoms with Crippen molar-refractivity contribution in [2.24, 2.45) is 0 Å². The number of carbonyl (C=O) groups excluding carboxylic acids is 1. The van der Waals surface area contributed by atoms with Crippen LogP contribution in [0.3, 0.4) is 0 Å². The minimum absolute atomic E-state index is 0.0491. The van der Waals surface area contributed by atoms with E-state index in [2.05, 4.69) is 42.1 Å². The van der Waals surface area contributed by atoms with Crippen LogP contribution >= 0.6 is 43.2 Å². The molecule has 0 saturated heterocycles. The number of rotatable bonds is 3. The van der Waals surface area contributed by atoms with E-state index in [4.69, 9.17) is 4.42 Å². The minimum Gasteiger partial charge on any atom is -0.450 e. The Hall–Kier alpha value is -2.36. The summed E-state index contributed by atoms with van der Waals surface area (Å²) in [5.41, 5.74) is 1.24. The third kappa shape index (κ3) is 3.03. The average Bonchev–Trinajstić information content (AvgIpc) is 3.31. The van der Waals surface area contributed by atoms with Crippen LogP contribution in [0.2, 0.25) is 0 Å². The highest BCUT2D eigenvalue weighted by Gasteiger charge is 2.45. The number of amides is 1. The van der Waals surface area contributed by atoms with Crippen molar-refractivity contribution in [3.05, 3.63) is 83.5 Å². The molecule has 9 heteroatoms. The number of halogens is 2. The van der Waals surface area contributed by atoms with Crippen molar-refractivity contribution in [3.8, 4) is 0 Å². The van der Waals surface area contributed by atoms with Crippen molar-refractivity contribution >= 4 is 65.2 Å². The molecule has 1 atom stereocenters. The maximum Gasteiger partial charge on any atom is 0.297 e. The number of aryl methyl sites for hydroxylation is 1. The maximum atomic E-state index is 13.5. The van der Waals surface area contributed by atoms with Crippen LogP contribution in [0.5, 0.6) is 0 Å². The van der Waals surface area contributed by atoms with Crippen LogP contribution in [-0.4, -0.2) is 16.1 Å².